The summed E-state index contributed by atoms with van der Waals surface area (Å²) in [4.78, 5) is 16.9. The molecule has 0 bridgehead atoms. The highest BCUT2D eigenvalue weighted by atomic mass is 16.2. The van der Waals surface area contributed by atoms with E-state index in [4.69, 9.17) is 0 Å². The smallest absolute Gasteiger partial charge is 0.231 e. The first kappa shape index (κ1) is 14.6. The molecule has 3 nitrogen and oxygen atoms in total. The van der Waals surface area contributed by atoms with Gasteiger partial charge in [-0.15, -0.1) is 0 Å². The zero-order valence-electron chi connectivity index (χ0n) is 12.7. The van der Waals surface area contributed by atoms with Gasteiger partial charge in [-0.3, -0.25) is 9.69 Å². The SMILES string of the molecule is O=C([CH]c1ccccc1)N1CCN(C2CCCCC2)CC1. The number of hydrogen-bond donors (Lipinski definition) is 0. The summed E-state index contributed by atoms with van der Waals surface area (Å²) in [6.45, 7) is 3.83. The van der Waals surface area contributed by atoms with Crippen LogP contribution < -0.4 is 0 Å². The third kappa shape index (κ3) is 3.85. The second-order valence-corrected chi connectivity index (χ2v) is 6.21. The Bertz CT molecular complexity index is 446. The Kier molecular flexibility index (Phi) is 4.91. The molecule has 21 heavy (non-hydrogen) atoms. The summed E-state index contributed by atoms with van der Waals surface area (Å²) < 4.78 is 0. The maximum Gasteiger partial charge on any atom is 0.231 e. The van der Waals surface area contributed by atoms with Crippen LogP contribution in [0.4, 0.5) is 0 Å². The minimum Gasteiger partial charge on any atom is -0.340 e. The van der Waals surface area contributed by atoms with Gasteiger partial charge in [-0.2, -0.15) is 0 Å². The van der Waals surface area contributed by atoms with E-state index in [1.165, 1.54) is 32.1 Å². The molecular formula is C18H25N2O. The van der Waals surface area contributed by atoms with Crippen LogP contribution in [0.2, 0.25) is 0 Å². The Morgan fingerprint density at radius 1 is 0.952 bits per heavy atom. The summed E-state index contributed by atoms with van der Waals surface area (Å²) in [5, 5.41) is 0. The Morgan fingerprint density at radius 3 is 2.29 bits per heavy atom. The molecule has 1 aliphatic heterocycles. The summed E-state index contributed by atoms with van der Waals surface area (Å²) in [6.07, 6.45) is 8.63. The topological polar surface area (TPSA) is 23.6 Å². The van der Waals surface area contributed by atoms with E-state index in [0.29, 0.717) is 0 Å². The summed E-state index contributed by atoms with van der Waals surface area (Å²) >= 11 is 0. The molecule has 0 aromatic heterocycles. The molecule has 1 heterocycles. The van der Waals surface area contributed by atoms with Crippen molar-refractivity contribution in [2.75, 3.05) is 26.2 Å². The molecule has 0 spiro atoms. The van der Waals surface area contributed by atoms with Crippen LogP contribution in [0, 0.1) is 6.42 Å². The van der Waals surface area contributed by atoms with Crippen LogP contribution in [-0.2, 0) is 4.79 Å². The van der Waals surface area contributed by atoms with E-state index in [1.807, 2.05) is 35.2 Å². The first-order valence-corrected chi connectivity index (χ1v) is 8.26. The molecule has 1 radical (unpaired) electrons. The van der Waals surface area contributed by atoms with E-state index < -0.39 is 0 Å². The average Bonchev–Trinajstić information content (AvgIpc) is 2.57. The number of carbonyl (C=O) groups is 1. The quantitative estimate of drug-likeness (QED) is 0.852. The first-order valence-electron chi connectivity index (χ1n) is 8.26. The fraction of sp³-hybridized carbons (Fsp3) is 0.556. The molecule has 0 unspecified atom stereocenters. The van der Waals surface area contributed by atoms with E-state index in [1.54, 1.807) is 6.42 Å². The average molecular weight is 285 g/mol. The van der Waals surface area contributed by atoms with Crippen LogP contribution >= 0.6 is 0 Å². The van der Waals surface area contributed by atoms with Crippen LogP contribution in [0.3, 0.4) is 0 Å². The lowest BCUT2D eigenvalue weighted by Gasteiger charge is -2.40. The molecule has 3 heteroatoms. The third-order valence-electron chi connectivity index (χ3n) is 4.81. The van der Waals surface area contributed by atoms with Crippen molar-refractivity contribution in [2.24, 2.45) is 0 Å². The van der Waals surface area contributed by atoms with Crippen molar-refractivity contribution >= 4 is 5.91 Å². The van der Waals surface area contributed by atoms with Crippen LogP contribution in [0.1, 0.15) is 37.7 Å². The molecule has 1 saturated heterocycles. The van der Waals surface area contributed by atoms with Gasteiger partial charge >= 0.3 is 0 Å². The van der Waals surface area contributed by atoms with Crippen molar-refractivity contribution in [1.82, 2.24) is 9.80 Å². The lowest BCUT2D eigenvalue weighted by molar-refractivity contribution is -0.129. The maximum absolute atomic E-state index is 12.3. The van der Waals surface area contributed by atoms with Gasteiger partial charge in [0.25, 0.3) is 0 Å². The minimum absolute atomic E-state index is 0.157. The Labute approximate surface area is 127 Å². The van der Waals surface area contributed by atoms with Crippen molar-refractivity contribution in [1.29, 1.82) is 0 Å². The highest BCUT2D eigenvalue weighted by molar-refractivity contribution is 5.88. The van der Waals surface area contributed by atoms with Gasteiger partial charge in [-0.05, 0) is 18.4 Å². The van der Waals surface area contributed by atoms with Gasteiger partial charge in [0.2, 0.25) is 5.91 Å². The Morgan fingerprint density at radius 2 is 1.62 bits per heavy atom. The number of benzene rings is 1. The number of rotatable bonds is 3. The van der Waals surface area contributed by atoms with Crippen molar-refractivity contribution < 1.29 is 4.79 Å². The molecule has 3 rings (SSSR count). The standard InChI is InChI=1S/C18H25N2O/c21-18(15-16-7-3-1-4-8-16)20-13-11-19(12-14-20)17-9-5-2-6-10-17/h1,3-4,7-8,15,17H,2,5-6,9-14H2. The molecule has 1 aromatic rings. The largest absolute Gasteiger partial charge is 0.340 e. The van der Waals surface area contributed by atoms with E-state index in [0.717, 1.165) is 37.8 Å². The predicted molar refractivity (Wildman–Crippen MR) is 84.9 cm³/mol. The van der Waals surface area contributed by atoms with Gasteiger partial charge < -0.3 is 4.90 Å². The Balaban J connectivity index is 1.47. The number of nitrogens with zero attached hydrogens (tertiary/aromatic N) is 2. The fourth-order valence-corrected chi connectivity index (χ4v) is 3.54. The van der Waals surface area contributed by atoms with E-state index >= 15 is 0 Å². The fourth-order valence-electron chi connectivity index (χ4n) is 3.54. The molecule has 1 amide bonds. The lowest BCUT2D eigenvalue weighted by Crippen LogP contribution is -2.52. The number of hydrogen-bond acceptors (Lipinski definition) is 2. The van der Waals surface area contributed by atoms with Crippen LogP contribution in [0.15, 0.2) is 30.3 Å². The highest BCUT2D eigenvalue weighted by Crippen LogP contribution is 2.23. The normalized spacial score (nSPS) is 21.4. The molecule has 0 atom stereocenters. The monoisotopic (exact) mass is 285 g/mol. The zero-order valence-corrected chi connectivity index (χ0v) is 12.7. The summed E-state index contributed by atoms with van der Waals surface area (Å²) in [5.74, 6) is 0.157. The van der Waals surface area contributed by atoms with Crippen LogP contribution in [0.5, 0.6) is 0 Å². The van der Waals surface area contributed by atoms with Gasteiger partial charge in [0.05, 0.1) is 6.42 Å². The highest BCUT2D eigenvalue weighted by Gasteiger charge is 2.26. The summed E-state index contributed by atoms with van der Waals surface area (Å²) in [7, 11) is 0. The first-order chi connectivity index (χ1) is 10.3. The maximum atomic E-state index is 12.3. The van der Waals surface area contributed by atoms with Crippen molar-refractivity contribution in [3.63, 3.8) is 0 Å². The molecule has 0 N–H and O–H groups in total. The van der Waals surface area contributed by atoms with Gasteiger partial charge in [0, 0.05) is 32.2 Å². The number of amides is 1. The minimum atomic E-state index is 0.157. The molecular weight excluding hydrogens is 260 g/mol. The molecule has 1 saturated carbocycles. The van der Waals surface area contributed by atoms with Gasteiger partial charge in [-0.1, -0.05) is 49.6 Å². The van der Waals surface area contributed by atoms with E-state index in [-0.39, 0.29) is 5.91 Å². The van der Waals surface area contributed by atoms with Gasteiger partial charge in [0.1, 0.15) is 0 Å². The molecule has 1 aliphatic carbocycles. The molecule has 2 fully saturated rings. The number of piperazine rings is 1. The second kappa shape index (κ2) is 7.08. The van der Waals surface area contributed by atoms with Crippen LogP contribution in [-0.4, -0.2) is 47.9 Å². The van der Waals surface area contributed by atoms with Gasteiger partial charge in [0.15, 0.2) is 0 Å². The van der Waals surface area contributed by atoms with E-state index in [9.17, 15) is 4.79 Å². The zero-order chi connectivity index (χ0) is 14.5. The number of carbonyl (C=O) groups excluding carboxylic acids is 1. The summed E-state index contributed by atoms with van der Waals surface area (Å²) in [5.41, 5.74) is 0.997. The predicted octanol–water partition coefficient (Wildman–Crippen LogP) is 2.72. The van der Waals surface area contributed by atoms with Gasteiger partial charge in [-0.25, -0.2) is 0 Å². The summed E-state index contributed by atoms with van der Waals surface area (Å²) in [6, 6.07) is 10.7. The molecule has 2 aliphatic rings. The lowest BCUT2D eigenvalue weighted by atomic mass is 9.94. The third-order valence-corrected chi connectivity index (χ3v) is 4.81. The van der Waals surface area contributed by atoms with E-state index in [2.05, 4.69) is 4.90 Å². The Hall–Kier alpha value is -1.35. The van der Waals surface area contributed by atoms with Crippen molar-refractivity contribution in [3.8, 4) is 0 Å². The molecule has 113 valence electrons. The molecule has 1 aromatic carbocycles. The second-order valence-electron chi connectivity index (χ2n) is 6.21. The van der Waals surface area contributed by atoms with Crippen LogP contribution in [0.25, 0.3) is 0 Å². The van der Waals surface area contributed by atoms with Crippen molar-refractivity contribution in [2.45, 2.75) is 38.1 Å². The van der Waals surface area contributed by atoms with Crippen molar-refractivity contribution in [3.05, 3.63) is 42.3 Å².